The van der Waals surface area contributed by atoms with Gasteiger partial charge in [0, 0.05) is 39.8 Å². The zero-order valence-corrected chi connectivity index (χ0v) is 29.3. The Labute approximate surface area is 275 Å². The Kier molecular flexibility index (Phi) is 8.14. The third-order valence-electron chi connectivity index (χ3n) is 8.41. The fourth-order valence-corrected chi connectivity index (χ4v) is 6.12. The van der Waals surface area contributed by atoms with E-state index in [0.29, 0.717) is 0 Å². The van der Waals surface area contributed by atoms with E-state index in [9.17, 15) is 5.11 Å². The van der Waals surface area contributed by atoms with Crippen molar-refractivity contribution in [2.75, 3.05) is 0 Å². The largest absolute Gasteiger partial charge is 0.507 e. The molecule has 0 bridgehead atoms. The average Bonchev–Trinajstić information content (AvgIpc) is 3.27. The Morgan fingerprint density at radius 3 is 2.09 bits per heavy atom. The van der Waals surface area contributed by atoms with E-state index >= 15 is 0 Å². The van der Waals surface area contributed by atoms with E-state index in [1.165, 1.54) is 16.5 Å². The first kappa shape index (κ1) is 31.7. The molecule has 0 aliphatic carbocycles. The molecule has 0 fully saturated rings. The Bertz CT molecular complexity index is 2040. The van der Waals surface area contributed by atoms with Crippen LogP contribution in [0.15, 0.2) is 72.9 Å². The second-order valence-corrected chi connectivity index (χ2v) is 14.0. The molecule has 0 saturated heterocycles. The maximum absolute atomic E-state index is 10.9. The van der Waals surface area contributed by atoms with Crippen LogP contribution in [0.5, 0.6) is 5.75 Å². The molecule has 0 aliphatic heterocycles. The molecule has 0 aliphatic rings. The predicted octanol–water partition coefficient (Wildman–Crippen LogP) is 9.84. The van der Waals surface area contributed by atoms with E-state index in [1.807, 2.05) is 19.3 Å². The van der Waals surface area contributed by atoms with Crippen LogP contribution < -0.4 is 0 Å². The topological polar surface area (TPSA) is 50.9 Å². The van der Waals surface area contributed by atoms with Crippen molar-refractivity contribution in [3.8, 4) is 39.4 Å². The van der Waals surface area contributed by atoms with E-state index in [1.54, 1.807) is 6.07 Å². The molecule has 0 amide bonds. The van der Waals surface area contributed by atoms with Crippen molar-refractivity contribution < 1.29 is 26.2 Å². The Balaban J connectivity index is 0.00000384. The van der Waals surface area contributed by atoms with Crippen molar-refractivity contribution in [3.05, 3.63) is 101 Å². The molecule has 0 saturated carbocycles. The van der Waals surface area contributed by atoms with Crippen LogP contribution in [0, 0.1) is 19.9 Å². The number of imidazole rings is 1. The van der Waals surface area contributed by atoms with Gasteiger partial charge in [-0.3, -0.25) is 4.98 Å². The van der Waals surface area contributed by atoms with Gasteiger partial charge in [-0.2, -0.15) is 0 Å². The number of hydrogen-bond donors (Lipinski definition) is 1. The van der Waals surface area contributed by atoms with Gasteiger partial charge in [0.2, 0.25) is 0 Å². The van der Waals surface area contributed by atoms with Crippen molar-refractivity contribution in [1.29, 1.82) is 0 Å². The van der Waals surface area contributed by atoms with Crippen molar-refractivity contribution in [2.24, 2.45) is 7.05 Å². The molecule has 5 heteroatoms. The number of rotatable bonds is 3. The van der Waals surface area contributed by atoms with Gasteiger partial charge in [-0.15, -0.1) is 34.9 Å². The van der Waals surface area contributed by atoms with Gasteiger partial charge >= 0.3 is 0 Å². The number of hydrogen-bond acceptors (Lipinski definition) is 3. The van der Waals surface area contributed by atoms with Gasteiger partial charge in [0.05, 0.1) is 16.6 Å². The zero-order chi connectivity index (χ0) is 30.8. The third-order valence-corrected chi connectivity index (χ3v) is 8.41. The van der Waals surface area contributed by atoms with Crippen molar-refractivity contribution >= 4 is 21.9 Å². The molecule has 0 atom stereocenters. The van der Waals surface area contributed by atoms with Gasteiger partial charge < -0.3 is 9.67 Å². The first-order valence-electron chi connectivity index (χ1n) is 15.0. The molecule has 4 aromatic carbocycles. The molecule has 0 radical (unpaired) electrons. The molecule has 44 heavy (non-hydrogen) atoms. The summed E-state index contributed by atoms with van der Waals surface area (Å²) in [6.45, 7) is 17.6. The standard InChI is InChI=1S/C39H40N3O.Pt/c1-23-17-25(21-26(18-23)29-19-24(2)20-30-32(39(6,7)8)15-16-40-35(29)30)28-11-10-12-33-36(28)41-37(42(33)9)31-22-27(38(3,4)5)13-14-34(31)43;/h10-20,22,43H,1-9H3;/q-1;. The van der Waals surface area contributed by atoms with Crippen molar-refractivity contribution in [1.82, 2.24) is 14.5 Å². The van der Waals surface area contributed by atoms with Crippen LogP contribution >= 0.6 is 0 Å². The number of aryl methyl sites for hydroxylation is 3. The first-order chi connectivity index (χ1) is 20.2. The van der Waals surface area contributed by atoms with Gasteiger partial charge in [-0.25, -0.2) is 4.98 Å². The van der Waals surface area contributed by atoms with E-state index in [0.717, 1.165) is 61.3 Å². The summed E-state index contributed by atoms with van der Waals surface area (Å²) < 4.78 is 2.07. The molecule has 1 N–H and O–H groups in total. The summed E-state index contributed by atoms with van der Waals surface area (Å²) in [6.07, 6.45) is 1.93. The molecule has 228 valence electrons. The maximum Gasteiger partial charge on any atom is 0.143 e. The average molecular weight is 762 g/mol. The van der Waals surface area contributed by atoms with Gasteiger partial charge in [0.1, 0.15) is 11.6 Å². The number of phenols is 1. The predicted molar refractivity (Wildman–Crippen MR) is 180 cm³/mol. The molecule has 0 spiro atoms. The van der Waals surface area contributed by atoms with Crippen LogP contribution in [0.25, 0.3) is 55.6 Å². The summed E-state index contributed by atoms with van der Waals surface area (Å²) in [5, 5.41) is 12.1. The van der Waals surface area contributed by atoms with E-state index < -0.39 is 0 Å². The Morgan fingerprint density at radius 2 is 1.41 bits per heavy atom. The van der Waals surface area contributed by atoms with Gasteiger partial charge in [-0.1, -0.05) is 95.5 Å². The fraction of sp³-hybridized carbons (Fsp3) is 0.282. The third kappa shape index (κ3) is 5.61. The van der Waals surface area contributed by atoms with Crippen LogP contribution in [0.2, 0.25) is 0 Å². The van der Waals surface area contributed by atoms with Gasteiger partial charge in [0.25, 0.3) is 0 Å². The van der Waals surface area contributed by atoms with Crippen LogP contribution in [0.3, 0.4) is 0 Å². The van der Waals surface area contributed by atoms with E-state index in [4.69, 9.17) is 9.97 Å². The number of fused-ring (bicyclic) bond motifs is 2. The second kappa shape index (κ2) is 11.3. The van der Waals surface area contributed by atoms with E-state index in [2.05, 4.69) is 121 Å². The zero-order valence-electron chi connectivity index (χ0n) is 27.0. The van der Waals surface area contributed by atoms with Crippen LogP contribution in [-0.2, 0) is 38.9 Å². The quantitative estimate of drug-likeness (QED) is 0.183. The summed E-state index contributed by atoms with van der Waals surface area (Å²) in [5.41, 5.74) is 12.5. The number of aromatic nitrogens is 3. The molecule has 4 nitrogen and oxygen atoms in total. The molecule has 6 aromatic rings. The summed E-state index contributed by atoms with van der Waals surface area (Å²) in [7, 11) is 2.01. The van der Waals surface area contributed by atoms with E-state index in [-0.39, 0.29) is 37.6 Å². The monoisotopic (exact) mass is 761 g/mol. The number of phenolic OH excluding ortho intramolecular Hbond substituents is 1. The SMILES string of the molecule is Cc1cc(-c2cc(C)cc3c(C(C)(C)C)ccnc23)[c-]c(-c2cccc3c2nc(-c2cc(C(C)(C)C)ccc2O)n3C)c1.[Pt]. The minimum Gasteiger partial charge on any atom is -0.507 e. The molecular formula is C39H40N3OPt-. The molecule has 2 aromatic heterocycles. The summed E-state index contributed by atoms with van der Waals surface area (Å²) >= 11 is 0. The molecule has 2 heterocycles. The fourth-order valence-electron chi connectivity index (χ4n) is 6.12. The summed E-state index contributed by atoms with van der Waals surface area (Å²) in [6, 6.07) is 26.9. The Hall–Kier alpha value is -3.75. The van der Waals surface area contributed by atoms with Gasteiger partial charge in [-0.05, 0) is 58.5 Å². The number of benzene rings is 4. The van der Waals surface area contributed by atoms with Crippen LogP contribution in [-0.4, -0.2) is 19.6 Å². The summed E-state index contributed by atoms with van der Waals surface area (Å²) in [4.78, 5) is 10.0. The Morgan fingerprint density at radius 1 is 0.727 bits per heavy atom. The van der Waals surface area contributed by atoms with Crippen LogP contribution in [0.4, 0.5) is 0 Å². The molecular weight excluding hydrogens is 722 g/mol. The summed E-state index contributed by atoms with van der Waals surface area (Å²) in [5.74, 6) is 0.966. The number of para-hydroxylation sites is 1. The van der Waals surface area contributed by atoms with Crippen LogP contribution in [0.1, 0.15) is 63.8 Å². The smallest absolute Gasteiger partial charge is 0.143 e. The van der Waals surface area contributed by atoms with Crippen molar-refractivity contribution in [3.63, 3.8) is 0 Å². The first-order valence-corrected chi connectivity index (χ1v) is 15.0. The van der Waals surface area contributed by atoms with Gasteiger partial charge in [0.15, 0.2) is 0 Å². The number of aromatic hydroxyl groups is 1. The number of pyridine rings is 1. The minimum absolute atomic E-state index is 0. The molecule has 6 rings (SSSR count). The second-order valence-electron chi connectivity index (χ2n) is 14.0. The normalized spacial score (nSPS) is 12.1. The van der Waals surface area contributed by atoms with Crippen molar-refractivity contribution in [2.45, 2.75) is 66.2 Å². The number of nitrogens with zero attached hydrogens (tertiary/aromatic N) is 3. The molecule has 0 unspecified atom stereocenters. The minimum atomic E-state index is -0.0480. The maximum atomic E-state index is 10.9.